The van der Waals surface area contributed by atoms with Gasteiger partial charge in [-0.1, -0.05) is 0 Å². The molecule has 90 valence electrons. The van der Waals surface area contributed by atoms with Crippen LogP contribution in [0.1, 0.15) is 13.8 Å². The Bertz CT molecular complexity index is 289. The van der Waals surface area contributed by atoms with Gasteiger partial charge in [-0.3, -0.25) is 0 Å². The molecule has 0 saturated heterocycles. The summed E-state index contributed by atoms with van der Waals surface area (Å²) in [4.78, 5) is 7.59. The quantitative estimate of drug-likeness (QED) is 0.543. The van der Waals surface area contributed by atoms with Crippen LogP contribution in [0.25, 0.3) is 0 Å². The first-order valence-corrected chi connectivity index (χ1v) is 5.47. The van der Waals surface area contributed by atoms with Gasteiger partial charge < -0.3 is 14.2 Å². The van der Waals surface area contributed by atoms with Gasteiger partial charge in [0.05, 0.1) is 12.4 Å². The van der Waals surface area contributed by atoms with Gasteiger partial charge >= 0.3 is 0 Å². The van der Waals surface area contributed by atoms with E-state index in [4.69, 9.17) is 25.8 Å². The van der Waals surface area contributed by atoms with E-state index < -0.39 is 0 Å². The number of halogens is 1. The fourth-order valence-corrected chi connectivity index (χ4v) is 1.15. The van der Waals surface area contributed by atoms with E-state index in [0.717, 1.165) is 0 Å². The van der Waals surface area contributed by atoms with Crippen molar-refractivity contribution >= 4 is 11.6 Å². The molecule has 0 spiro atoms. The molecule has 0 aliphatic carbocycles. The predicted molar refractivity (Wildman–Crippen MR) is 59.6 cm³/mol. The Morgan fingerprint density at radius 3 is 2.25 bits per heavy atom. The SMILES string of the molecule is CCOC(COc1cnc(Cl)nc1)OCC. The highest BCUT2D eigenvalue weighted by Crippen LogP contribution is 2.09. The van der Waals surface area contributed by atoms with E-state index in [9.17, 15) is 0 Å². The van der Waals surface area contributed by atoms with Crippen LogP contribution >= 0.6 is 11.6 Å². The third-order valence-electron chi connectivity index (χ3n) is 1.69. The molecule has 0 amide bonds. The van der Waals surface area contributed by atoms with Gasteiger partial charge in [-0.2, -0.15) is 0 Å². The molecular weight excluding hydrogens is 232 g/mol. The van der Waals surface area contributed by atoms with E-state index in [-0.39, 0.29) is 11.6 Å². The number of rotatable bonds is 7. The summed E-state index contributed by atoms with van der Waals surface area (Å²) in [6.45, 7) is 5.25. The summed E-state index contributed by atoms with van der Waals surface area (Å²) in [5.74, 6) is 0.536. The van der Waals surface area contributed by atoms with Gasteiger partial charge in [-0.05, 0) is 25.4 Å². The van der Waals surface area contributed by atoms with E-state index in [1.165, 1.54) is 12.4 Å². The topological polar surface area (TPSA) is 53.5 Å². The van der Waals surface area contributed by atoms with E-state index in [2.05, 4.69) is 9.97 Å². The average Bonchev–Trinajstić information content (AvgIpc) is 2.29. The normalized spacial score (nSPS) is 10.8. The van der Waals surface area contributed by atoms with Gasteiger partial charge in [-0.15, -0.1) is 0 Å². The maximum absolute atomic E-state index is 5.55. The lowest BCUT2D eigenvalue weighted by atomic mass is 10.6. The second-order valence-corrected chi connectivity index (χ2v) is 3.18. The second kappa shape index (κ2) is 7.38. The van der Waals surface area contributed by atoms with Crippen molar-refractivity contribution in [1.82, 2.24) is 9.97 Å². The summed E-state index contributed by atoms with van der Waals surface area (Å²) in [6.07, 6.45) is 2.64. The molecule has 0 radical (unpaired) electrons. The molecule has 0 bridgehead atoms. The van der Waals surface area contributed by atoms with Crippen LogP contribution in [0.4, 0.5) is 0 Å². The standard InChI is InChI=1S/C10H15ClN2O3/c1-3-14-9(15-4-2)7-16-8-5-12-10(11)13-6-8/h5-6,9H,3-4,7H2,1-2H3. The Hall–Kier alpha value is -0.910. The van der Waals surface area contributed by atoms with Crippen LogP contribution in [0.2, 0.25) is 5.28 Å². The molecule has 0 unspecified atom stereocenters. The van der Waals surface area contributed by atoms with Crippen LogP contribution in [0, 0.1) is 0 Å². The predicted octanol–water partition coefficient (Wildman–Crippen LogP) is 1.91. The summed E-state index contributed by atoms with van der Waals surface area (Å²) in [7, 11) is 0. The van der Waals surface area contributed by atoms with E-state index in [0.29, 0.717) is 25.6 Å². The third kappa shape index (κ3) is 4.74. The second-order valence-electron chi connectivity index (χ2n) is 2.84. The van der Waals surface area contributed by atoms with Crippen molar-refractivity contribution in [2.24, 2.45) is 0 Å². The smallest absolute Gasteiger partial charge is 0.222 e. The molecule has 0 atom stereocenters. The van der Waals surface area contributed by atoms with Gasteiger partial charge in [0.25, 0.3) is 0 Å². The molecule has 0 fully saturated rings. The van der Waals surface area contributed by atoms with Crippen LogP contribution in [0.5, 0.6) is 5.75 Å². The largest absolute Gasteiger partial charge is 0.485 e. The molecule has 0 N–H and O–H groups in total. The molecule has 5 nitrogen and oxygen atoms in total. The number of hydrogen-bond acceptors (Lipinski definition) is 5. The molecule has 1 aromatic rings. The molecule has 0 aromatic carbocycles. The molecule has 0 saturated carbocycles. The Kier molecular flexibility index (Phi) is 6.07. The molecule has 6 heteroatoms. The lowest BCUT2D eigenvalue weighted by molar-refractivity contribution is -0.152. The molecule has 0 aliphatic rings. The lowest BCUT2D eigenvalue weighted by Gasteiger charge is -2.17. The molecule has 1 rings (SSSR count). The van der Waals surface area contributed by atoms with Crippen molar-refractivity contribution in [2.75, 3.05) is 19.8 Å². The first-order valence-electron chi connectivity index (χ1n) is 5.09. The van der Waals surface area contributed by atoms with Gasteiger partial charge in [-0.25, -0.2) is 9.97 Å². The van der Waals surface area contributed by atoms with Crippen molar-refractivity contribution in [3.63, 3.8) is 0 Å². The maximum atomic E-state index is 5.55. The van der Waals surface area contributed by atoms with E-state index in [1.807, 2.05) is 13.8 Å². The van der Waals surface area contributed by atoms with Crippen LogP contribution in [-0.4, -0.2) is 36.1 Å². The number of ether oxygens (including phenoxy) is 3. The van der Waals surface area contributed by atoms with Crippen LogP contribution in [0.15, 0.2) is 12.4 Å². The monoisotopic (exact) mass is 246 g/mol. The Labute approximate surface area is 99.7 Å². The Morgan fingerprint density at radius 2 is 1.75 bits per heavy atom. The molecular formula is C10H15ClN2O3. The number of aromatic nitrogens is 2. The lowest BCUT2D eigenvalue weighted by Crippen LogP contribution is -2.25. The van der Waals surface area contributed by atoms with Gasteiger partial charge in [0, 0.05) is 13.2 Å². The summed E-state index contributed by atoms with van der Waals surface area (Å²) in [6, 6.07) is 0. The van der Waals surface area contributed by atoms with Crippen LogP contribution < -0.4 is 4.74 Å². The van der Waals surface area contributed by atoms with Gasteiger partial charge in [0.2, 0.25) is 5.28 Å². The average molecular weight is 247 g/mol. The molecule has 16 heavy (non-hydrogen) atoms. The Morgan fingerprint density at radius 1 is 1.19 bits per heavy atom. The minimum absolute atomic E-state index is 0.193. The Balaban J connectivity index is 2.38. The molecule has 1 heterocycles. The zero-order valence-corrected chi connectivity index (χ0v) is 10.1. The zero-order valence-electron chi connectivity index (χ0n) is 9.35. The maximum Gasteiger partial charge on any atom is 0.222 e. The highest BCUT2D eigenvalue weighted by Gasteiger charge is 2.08. The summed E-state index contributed by atoms with van der Waals surface area (Å²) in [5.41, 5.74) is 0. The third-order valence-corrected chi connectivity index (χ3v) is 1.88. The van der Waals surface area contributed by atoms with Gasteiger partial charge in [0.1, 0.15) is 6.61 Å². The zero-order chi connectivity index (χ0) is 11.8. The number of nitrogens with zero attached hydrogens (tertiary/aromatic N) is 2. The summed E-state index contributed by atoms with van der Waals surface area (Å²) >= 11 is 5.55. The minimum Gasteiger partial charge on any atom is -0.485 e. The number of hydrogen-bond donors (Lipinski definition) is 0. The first kappa shape index (κ1) is 13.2. The summed E-state index contributed by atoms with van der Waals surface area (Å²) in [5, 5.41) is 0.193. The van der Waals surface area contributed by atoms with Crippen molar-refractivity contribution in [1.29, 1.82) is 0 Å². The molecule has 1 aromatic heterocycles. The van der Waals surface area contributed by atoms with Crippen molar-refractivity contribution in [3.8, 4) is 5.75 Å². The highest BCUT2D eigenvalue weighted by molar-refractivity contribution is 6.28. The van der Waals surface area contributed by atoms with Crippen molar-refractivity contribution in [2.45, 2.75) is 20.1 Å². The highest BCUT2D eigenvalue weighted by atomic mass is 35.5. The minimum atomic E-state index is -0.370. The van der Waals surface area contributed by atoms with E-state index >= 15 is 0 Å². The first-order chi connectivity index (χ1) is 7.76. The van der Waals surface area contributed by atoms with Crippen molar-refractivity contribution in [3.05, 3.63) is 17.7 Å². The fourth-order valence-electron chi connectivity index (χ4n) is 1.06. The van der Waals surface area contributed by atoms with Crippen molar-refractivity contribution < 1.29 is 14.2 Å². The molecule has 0 aliphatic heterocycles. The summed E-state index contributed by atoms with van der Waals surface area (Å²) < 4.78 is 16.0. The van der Waals surface area contributed by atoms with E-state index in [1.54, 1.807) is 0 Å². The van der Waals surface area contributed by atoms with Crippen LogP contribution in [-0.2, 0) is 9.47 Å². The van der Waals surface area contributed by atoms with Gasteiger partial charge in [0.15, 0.2) is 12.0 Å². The fraction of sp³-hybridized carbons (Fsp3) is 0.600. The van der Waals surface area contributed by atoms with Crippen LogP contribution in [0.3, 0.4) is 0 Å².